The fourth-order valence-electron chi connectivity index (χ4n) is 1.64. The van der Waals surface area contributed by atoms with Crippen molar-refractivity contribution in [1.29, 1.82) is 0 Å². The summed E-state index contributed by atoms with van der Waals surface area (Å²) < 4.78 is 26.2. The summed E-state index contributed by atoms with van der Waals surface area (Å²) in [5, 5.41) is 0.666. The highest BCUT2D eigenvalue weighted by Gasteiger charge is 2.11. The molecule has 0 unspecified atom stereocenters. The molecular weight excluding hydrogens is 279 g/mol. The van der Waals surface area contributed by atoms with E-state index in [1.165, 1.54) is 0 Å². The third-order valence-corrected chi connectivity index (χ3v) is 3.27. The summed E-state index contributed by atoms with van der Waals surface area (Å²) in [4.78, 5) is 0. The lowest BCUT2D eigenvalue weighted by Gasteiger charge is -2.08. The Morgan fingerprint density at radius 2 is 1.61 bits per heavy atom. The van der Waals surface area contributed by atoms with Crippen molar-refractivity contribution in [2.45, 2.75) is 6.54 Å². The average molecular weight is 288 g/mol. The van der Waals surface area contributed by atoms with Gasteiger partial charge in [0.05, 0.1) is 5.02 Å². The summed E-state index contributed by atoms with van der Waals surface area (Å²) in [5.41, 5.74) is 7.30. The molecule has 2 aromatic carbocycles. The van der Waals surface area contributed by atoms with Crippen LogP contribution in [0.25, 0.3) is 11.1 Å². The molecule has 0 heterocycles. The molecule has 2 aromatic rings. The molecule has 0 aliphatic carbocycles. The summed E-state index contributed by atoms with van der Waals surface area (Å²) in [5.74, 6) is -1.92. The normalized spacial score (nSPS) is 10.7. The molecule has 0 aliphatic heterocycles. The molecule has 94 valence electrons. The van der Waals surface area contributed by atoms with Crippen molar-refractivity contribution in [1.82, 2.24) is 0 Å². The van der Waals surface area contributed by atoms with Crippen LogP contribution in [0.3, 0.4) is 0 Å². The number of rotatable bonds is 2. The highest BCUT2D eigenvalue weighted by Crippen LogP contribution is 2.32. The SMILES string of the molecule is NCc1cc(-c2cc(F)c(F)cc2Cl)ccc1Cl. The van der Waals surface area contributed by atoms with E-state index in [1.54, 1.807) is 18.2 Å². The van der Waals surface area contributed by atoms with Crippen molar-refractivity contribution in [3.05, 3.63) is 57.6 Å². The molecule has 0 spiro atoms. The van der Waals surface area contributed by atoms with Crippen molar-refractivity contribution in [2.75, 3.05) is 0 Å². The van der Waals surface area contributed by atoms with Gasteiger partial charge in [0.15, 0.2) is 11.6 Å². The van der Waals surface area contributed by atoms with Gasteiger partial charge in [-0.15, -0.1) is 0 Å². The minimum Gasteiger partial charge on any atom is -0.326 e. The first kappa shape index (κ1) is 13.3. The minimum absolute atomic E-state index is 0.138. The van der Waals surface area contributed by atoms with Crippen LogP contribution in [0.2, 0.25) is 10.0 Å². The van der Waals surface area contributed by atoms with Gasteiger partial charge in [-0.3, -0.25) is 0 Å². The van der Waals surface area contributed by atoms with Crippen LogP contribution in [0.15, 0.2) is 30.3 Å². The van der Waals surface area contributed by atoms with Crippen LogP contribution in [-0.4, -0.2) is 0 Å². The second-order valence-corrected chi connectivity index (χ2v) is 4.57. The van der Waals surface area contributed by atoms with Crippen LogP contribution in [0.5, 0.6) is 0 Å². The van der Waals surface area contributed by atoms with Gasteiger partial charge in [-0.05, 0) is 35.4 Å². The maximum absolute atomic E-state index is 13.2. The van der Waals surface area contributed by atoms with Crippen LogP contribution in [-0.2, 0) is 6.54 Å². The van der Waals surface area contributed by atoms with Crippen molar-refractivity contribution in [2.24, 2.45) is 5.73 Å². The Hall–Kier alpha value is -1.16. The first-order valence-corrected chi connectivity index (χ1v) is 5.92. The largest absolute Gasteiger partial charge is 0.326 e. The van der Waals surface area contributed by atoms with Crippen LogP contribution in [0.1, 0.15) is 5.56 Å². The third kappa shape index (κ3) is 2.48. The van der Waals surface area contributed by atoms with Crippen LogP contribution >= 0.6 is 23.2 Å². The Morgan fingerprint density at radius 1 is 0.944 bits per heavy atom. The van der Waals surface area contributed by atoms with E-state index in [0.29, 0.717) is 16.1 Å². The number of hydrogen-bond acceptors (Lipinski definition) is 1. The van der Waals surface area contributed by atoms with E-state index in [4.69, 9.17) is 28.9 Å². The highest BCUT2D eigenvalue weighted by molar-refractivity contribution is 6.33. The first-order valence-electron chi connectivity index (χ1n) is 5.16. The summed E-state index contributed by atoms with van der Waals surface area (Å²) in [6.07, 6.45) is 0. The molecule has 2 N–H and O–H groups in total. The van der Waals surface area contributed by atoms with Crippen LogP contribution < -0.4 is 5.73 Å². The molecule has 18 heavy (non-hydrogen) atoms. The van der Waals surface area contributed by atoms with Gasteiger partial charge in [-0.2, -0.15) is 0 Å². The molecule has 1 nitrogen and oxygen atoms in total. The zero-order chi connectivity index (χ0) is 13.3. The van der Waals surface area contributed by atoms with Gasteiger partial charge < -0.3 is 5.73 Å². The fourth-order valence-corrected chi connectivity index (χ4v) is 2.10. The number of nitrogens with two attached hydrogens (primary N) is 1. The van der Waals surface area contributed by atoms with E-state index in [2.05, 4.69) is 0 Å². The van der Waals surface area contributed by atoms with E-state index in [-0.39, 0.29) is 11.6 Å². The fraction of sp³-hybridized carbons (Fsp3) is 0.0769. The molecule has 0 fully saturated rings. The van der Waals surface area contributed by atoms with Gasteiger partial charge in [0.2, 0.25) is 0 Å². The predicted molar refractivity (Wildman–Crippen MR) is 69.7 cm³/mol. The molecule has 0 radical (unpaired) electrons. The Labute approximate surface area is 113 Å². The van der Waals surface area contributed by atoms with Gasteiger partial charge >= 0.3 is 0 Å². The molecule has 0 bridgehead atoms. The predicted octanol–water partition coefficient (Wildman–Crippen LogP) is 4.40. The summed E-state index contributed by atoms with van der Waals surface area (Å²) in [7, 11) is 0. The lowest BCUT2D eigenvalue weighted by Crippen LogP contribution is -1.97. The molecule has 5 heteroatoms. The standard InChI is InChI=1S/C13H9Cl2F2N/c14-10-2-1-7(3-8(10)6-18)9-4-12(16)13(17)5-11(9)15/h1-5H,6,18H2. The number of halogens is 4. The van der Waals surface area contributed by atoms with Gasteiger partial charge in [-0.25, -0.2) is 8.78 Å². The van der Waals surface area contributed by atoms with Crippen molar-refractivity contribution in [3.63, 3.8) is 0 Å². The average Bonchev–Trinajstić information content (AvgIpc) is 2.35. The minimum atomic E-state index is -0.975. The van der Waals surface area contributed by atoms with Crippen LogP contribution in [0.4, 0.5) is 8.78 Å². The smallest absolute Gasteiger partial charge is 0.160 e. The topological polar surface area (TPSA) is 26.0 Å². The van der Waals surface area contributed by atoms with Gasteiger partial charge in [0, 0.05) is 17.1 Å². The van der Waals surface area contributed by atoms with Gasteiger partial charge in [0.25, 0.3) is 0 Å². The first-order chi connectivity index (χ1) is 8.52. The zero-order valence-electron chi connectivity index (χ0n) is 9.18. The third-order valence-electron chi connectivity index (χ3n) is 2.59. The van der Waals surface area contributed by atoms with E-state index in [9.17, 15) is 8.78 Å². The summed E-state index contributed by atoms with van der Waals surface area (Å²) in [6.45, 7) is 0.258. The molecule has 0 aromatic heterocycles. The van der Waals surface area contributed by atoms with Crippen molar-refractivity contribution in [3.8, 4) is 11.1 Å². The highest BCUT2D eigenvalue weighted by atomic mass is 35.5. The molecule has 0 saturated carbocycles. The quantitative estimate of drug-likeness (QED) is 0.814. The monoisotopic (exact) mass is 287 g/mol. The maximum atomic E-state index is 13.2. The Bertz CT molecular complexity index is 600. The molecule has 0 amide bonds. The molecule has 2 rings (SSSR count). The van der Waals surface area contributed by atoms with Gasteiger partial charge in [-0.1, -0.05) is 29.3 Å². The Morgan fingerprint density at radius 3 is 2.28 bits per heavy atom. The molecule has 0 atom stereocenters. The van der Waals surface area contributed by atoms with Crippen molar-refractivity contribution >= 4 is 23.2 Å². The zero-order valence-corrected chi connectivity index (χ0v) is 10.7. The van der Waals surface area contributed by atoms with E-state index in [1.807, 2.05) is 0 Å². The van der Waals surface area contributed by atoms with Crippen LogP contribution in [0, 0.1) is 11.6 Å². The molecule has 0 aliphatic rings. The summed E-state index contributed by atoms with van der Waals surface area (Å²) in [6, 6.07) is 7.04. The molecular formula is C13H9Cl2F2N. The lowest BCUT2D eigenvalue weighted by molar-refractivity contribution is 0.509. The number of benzene rings is 2. The van der Waals surface area contributed by atoms with E-state index < -0.39 is 11.6 Å². The van der Waals surface area contributed by atoms with Crippen molar-refractivity contribution < 1.29 is 8.78 Å². The van der Waals surface area contributed by atoms with Gasteiger partial charge in [0.1, 0.15) is 0 Å². The second-order valence-electron chi connectivity index (χ2n) is 3.76. The Kier molecular flexibility index (Phi) is 3.85. The maximum Gasteiger partial charge on any atom is 0.160 e. The molecule has 0 saturated heterocycles. The van der Waals surface area contributed by atoms with E-state index in [0.717, 1.165) is 17.7 Å². The Balaban J connectivity index is 2.58. The number of hydrogen-bond donors (Lipinski definition) is 1. The van der Waals surface area contributed by atoms with E-state index >= 15 is 0 Å². The second kappa shape index (κ2) is 5.22. The lowest BCUT2D eigenvalue weighted by atomic mass is 10.0. The summed E-state index contributed by atoms with van der Waals surface area (Å²) >= 11 is 11.8.